The number of carbonyl (C=O) groups excluding carboxylic acids is 3. The van der Waals surface area contributed by atoms with Crippen molar-refractivity contribution in [3.8, 4) is 0 Å². The lowest BCUT2D eigenvalue weighted by atomic mass is 10.1. The number of aromatic nitrogens is 6. The smallest absolute Gasteiger partial charge is 0.455 e. The van der Waals surface area contributed by atoms with E-state index in [1.807, 2.05) is 0 Å². The molecule has 1 aromatic carbocycles. The number of benzene rings is 1. The van der Waals surface area contributed by atoms with Crippen LogP contribution in [0, 0.1) is 0 Å². The Morgan fingerprint density at radius 3 is 2.47 bits per heavy atom. The second-order valence-corrected chi connectivity index (χ2v) is 20.0. The lowest BCUT2D eigenvalue weighted by molar-refractivity contribution is -0.159. The first-order chi connectivity index (χ1) is 33.0. The summed E-state index contributed by atoms with van der Waals surface area (Å²) in [7, 11) is -10.2. The number of unbranched alkanes of at least 4 members (excludes halogenated alkanes) is 1. The lowest BCUT2D eigenvalue weighted by Gasteiger charge is -2.27. The number of hydrogen-bond donors (Lipinski definition) is 8. The number of azide groups is 1. The summed E-state index contributed by atoms with van der Waals surface area (Å²) in [6, 6.07) is 6.31. The summed E-state index contributed by atoms with van der Waals surface area (Å²) in [6.45, 7) is 2.81. The van der Waals surface area contributed by atoms with Crippen LogP contribution in [0.15, 0.2) is 59.1 Å². The number of phosphoric acid groups is 1. The first kappa shape index (κ1) is 53.1. The normalized spacial score (nSPS) is 22.6. The van der Waals surface area contributed by atoms with Crippen LogP contribution in [0.4, 0.5) is 26.9 Å². The molecule has 0 radical (unpaired) electrons. The van der Waals surface area contributed by atoms with E-state index in [1.165, 1.54) is 23.2 Å². The molecule has 0 spiro atoms. The van der Waals surface area contributed by atoms with E-state index < -0.39 is 113 Å². The molecule has 30 nitrogen and oxygen atoms in total. The predicted octanol–water partition coefficient (Wildman–Crippen LogP) is 2.32. The van der Waals surface area contributed by atoms with Crippen LogP contribution in [0.2, 0.25) is 0 Å². The standard InChI is InChI=1S/C38H51N13O17P2/c1-38(2,3)68-37(56)46-22(10-6-7-12-42-36(55)62-15-20-8-4-5-9-21(20)48-49-41)34(53)67-30-24(66-33(29(30)52)51-19-45-28-31(40)43-18-44-32(28)51)17-63-69(57,58)25-14-27(50-13-11-26(39)47-35(50)54)65-23(25)16-64-70(59,60)61/h4-5,8-9,11,13,18-19,22-25,27,29-30,33,52H,6-7,10,12,14-17H2,1-3H3,(H,42,55)(H,46,56)(H,57,58)(H2,39,47,54)(H2,40,43,44)(H2,59,60,61)/t22-,23+,24+,25-,27+,29+,30+,33+/m0/s1. The third kappa shape index (κ3) is 13.9. The van der Waals surface area contributed by atoms with Crippen molar-refractivity contribution in [2.75, 3.05) is 31.2 Å². The van der Waals surface area contributed by atoms with Gasteiger partial charge in [0.1, 0.15) is 54.3 Å². The number of imidazole rings is 1. The van der Waals surface area contributed by atoms with Gasteiger partial charge in [0, 0.05) is 29.8 Å². The second-order valence-electron chi connectivity index (χ2n) is 16.7. The number of esters is 1. The number of nitrogen functional groups attached to an aromatic ring is 2. The van der Waals surface area contributed by atoms with Crippen LogP contribution in [0.3, 0.4) is 0 Å². The van der Waals surface area contributed by atoms with Crippen LogP contribution >= 0.6 is 15.4 Å². The molecule has 0 bridgehead atoms. The highest BCUT2D eigenvalue weighted by atomic mass is 31.2. The zero-order chi connectivity index (χ0) is 51.0. The Hall–Kier alpha value is -6.29. The zero-order valence-electron chi connectivity index (χ0n) is 37.6. The maximum absolute atomic E-state index is 14.2. The first-order valence-electron chi connectivity index (χ1n) is 21.2. The summed E-state index contributed by atoms with van der Waals surface area (Å²) < 4.78 is 66.5. The maximum atomic E-state index is 14.2. The van der Waals surface area contributed by atoms with Gasteiger partial charge in [0.15, 0.2) is 23.8 Å². The van der Waals surface area contributed by atoms with Crippen molar-refractivity contribution in [1.29, 1.82) is 0 Å². The van der Waals surface area contributed by atoms with Crippen molar-refractivity contribution in [2.45, 2.75) is 107 Å². The monoisotopic (exact) mass is 1020 g/mol. The summed E-state index contributed by atoms with van der Waals surface area (Å²) >= 11 is 0. The molecule has 70 heavy (non-hydrogen) atoms. The molecule has 9 atom stereocenters. The zero-order valence-corrected chi connectivity index (χ0v) is 39.4. The Bertz CT molecular complexity index is 2730. The number of fused-ring (bicyclic) bond motifs is 1. The molecule has 2 fully saturated rings. The molecule has 32 heteroatoms. The number of aliphatic hydroxyl groups excluding tert-OH is 1. The number of nitrogens with one attached hydrogen (secondary N) is 2. The number of nitrogens with two attached hydrogens (primary N) is 2. The van der Waals surface area contributed by atoms with Crippen molar-refractivity contribution in [3.05, 3.63) is 75.7 Å². The average molecular weight is 1020 g/mol. The predicted molar refractivity (Wildman–Crippen MR) is 239 cm³/mol. The van der Waals surface area contributed by atoms with Crippen LogP contribution in [-0.4, -0.2) is 128 Å². The number of anilines is 2. The van der Waals surface area contributed by atoms with Gasteiger partial charge in [-0.2, -0.15) is 4.98 Å². The molecule has 2 saturated heterocycles. The van der Waals surface area contributed by atoms with E-state index >= 15 is 0 Å². The van der Waals surface area contributed by atoms with Gasteiger partial charge in [-0.05, 0) is 57.2 Å². The fourth-order valence-corrected chi connectivity index (χ4v) is 9.22. The minimum absolute atomic E-state index is 0.0251. The maximum Gasteiger partial charge on any atom is 0.469 e. The van der Waals surface area contributed by atoms with E-state index in [2.05, 4.69) is 45.1 Å². The van der Waals surface area contributed by atoms with Crippen molar-refractivity contribution in [1.82, 2.24) is 39.7 Å². The van der Waals surface area contributed by atoms with Crippen molar-refractivity contribution < 1.29 is 76.0 Å². The number of aliphatic hydroxyl groups is 1. The van der Waals surface area contributed by atoms with Crippen molar-refractivity contribution >= 4 is 62.1 Å². The Morgan fingerprint density at radius 2 is 1.76 bits per heavy atom. The van der Waals surface area contributed by atoms with Crippen LogP contribution in [0.1, 0.15) is 64.5 Å². The van der Waals surface area contributed by atoms with Gasteiger partial charge in [-0.1, -0.05) is 29.4 Å². The van der Waals surface area contributed by atoms with Gasteiger partial charge in [0.05, 0.1) is 31.3 Å². The molecular weight excluding hydrogens is 972 g/mol. The highest BCUT2D eigenvalue weighted by molar-refractivity contribution is 7.53. The summed E-state index contributed by atoms with van der Waals surface area (Å²) in [5.41, 5.74) is 17.8. The molecule has 5 heterocycles. The van der Waals surface area contributed by atoms with E-state index in [1.54, 1.807) is 45.0 Å². The number of hydrogen-bond acceptors (Lipinski definition) is 21. The minimum Gasteiger partial charge on any atom is -0.455 e. The SMILES string of the molecule is CC(C)(C)OC(=O)N[C@@H](CCCCNC(=O)OCc1ccccc1N=[N+]=[N-])C(=O)O[C@H]1[C@@H](O)[C@H](n2cnc3c(N)ncnc32)O[C@@H]1COP(=O)(O)[C@H]1C[C@H](n2ccc(N)nc2=O)O[C@@H]1COP(=O)(O)O. The van der Waals surface area contributed by atoms with E-state index in [9.17, 15) is 48.1 Å². The minimum atomic E-state index is -5.15. The van der Waals surface area contributed by atoms with Crippen LogP contribution < -0.4 is 27.8 Å². The lowest BCUT2D eigenvalue weighted by Crippen LogP contribution is -2.47. The number of nitrogens with zero attached hydrogens (tertiary/aromatic N) is 9. The highest BCUT2D eigenvalue weighted by Crippen LogP contribution is 2.56. The van der Waals surface area contributed by atoms with Crippen LogP contribution in [0.5, 0.6) is 0 Å². The topological polar surface area (TPSA) is 434 Å². The van der Waals surface area contributed by atoms with E-state index in [0.29, 0.717) is 5.56 Å². The molecule has 0 saturated carbocycles. The molecular formula is C38H51N13O17P2. The van der Waals surface area contributed by atoms with Gasteiger partial charge < -0.3 is 70.1 Å². The number of rotatable bonds is 20. The fraction of sp³-hybridized carbons (Fsp3) is 0.526. The highest BCUT2D eigenvalue weighted by Gasteiger charge is 2.52. The average Bonchev–Trinajstić information content (AvgIpc) is 4.00. The van der Waals surface area contributed by atoms with Gasteiger partial charge in [-0.3, -0.25) is 18.2 Å². The van der Waals surface area contributed by atoms with Gasteiger partial charge in [0.2, 0.25) is 0 Å². The molecule has 2 aliphatic rings. The Balaban J connectivity index is 1.19. The molecule has 10 N–H and O–H groups in total. The third-order valence-electron chi connectivity index (χ3n) is 10.5. The number of carbonyl (C=O) groups is 3. The quantitative estimate of drug-likeness (QED) is 0.0120. The summed E-state index contributed by atoms with van der Waals surface area (Å²) in [4.78, 5) is 101. The molecule has 3 aromatic heterocycles. The number of phosphoric ester groups is 1. The van der Waals surface area contributed by atoms with Crippen molar-refractivity contribution in [3.63, 3.8) is 0 Å². The molecule has 0 aliphatic carbocycles. The van der Waals surface area contributed by atoms with Gasteiger partial charge in [-0.15, -0.1) is 0 Å². The largest absolute Gasteiger partial charge is 0.469 e. The van der Waals surface area contributed by atoms with E-state index in [-0.39, 0.29) is 60.9 Å². The summed E-state index contributed by atoms with van der Waals surface area (Å²) in [5, 5.41) is 20.4. The van der Waals surface area contributed by atoms with Crippen LogP contribution in [0.25, 0.3) is 21.6 Å². The third-order valence-corrected chi connectivity index (χ3v) is 12.9. The van der Waals surface area contributed by atoms with E-state index in [4.69, 9.17) is 45.2 Å². The number of amides is 2. The molecule has 380 valence electrons. The van der Waals surface area contributed by atoms with Gasteiger partial charge >= 0.3 is 39.3 Å². The van der Waals surface area contributed by atoms with Crippen LogP contribution in [-0.2, 0) is 53.3 Å². The Morgan fingerprint density at radius 1 is 1.01 bits per heavy atom. The van der Waals surface area contributed by atoms with Crippen molar-refractivity contribution in [2.24, 2.45) is 5.11 Å². The molecule has 1 unspecified atom stereocenters. The summed E-state index contributed by atoms with van der Waals surface area (Å²) in [5.74, 6) is -1.28. The molecule has 2 aliphatic heterocycles. The second kappa shape index (κ2) is 22.6. The summed E-state index contributed by atoms with van der Waals surface area (Å²) in [6.07, 6.45) is -7.86. The Kier molecular flexibility index (Phi) is 17.2. The van der Waals surface area contributed by atoms with E-state index in [0.717, 1.165) is 10.9 Å². The molecule has 6 rings (SSSR count). The van der Waals surface area contributed by atoms with Gasteiger partial charge in [-0.25, -0.2) is 38.7 Å². The Labute approximate surface area is 396 Å². The first-order valence-corrected chi connectivity index (χ1v) is 24.4. The molecule has 4 aromatic rings. The van der Waals surface area contributed by atoms with Gasteiger partial charge in [0.25, 0.3) is 0 Å². The number of alkyl carbamates (subject to hydrolysis) is 2. The fourth-order valence-electron chi connectivity index (χ4n) is 7.31. The number of ether oxygens (including phenoxy) is 5. The molecule has 2 amide bonds.